The van der Waals surface area contributed by atoms with Crippen LogP contribution >= 0.6 is 11.3 Å². The number of anilines is 1. The SMILES string of the molecule is CC.CC.CCc1c(C)c(C)cc2sc(N)nc12. The number of benzene rings is 1. The van der Waals surface area contributed by atoms with Crippen molar-refractivity contribution < 1.29 is 0 Å². The Bertz CT molecular complexity index is 487. The van der Waals surface area contributed by atoms with Crippen LogP contribution in [0.1, 0.15) is 51.3 Å². The number of nitrogens with two attached hydrogens (primary N) is 1. The van der Waals surface area contributed by atoms with E-state index in [0.717, 1.165) is 11.9 Å². The summed E-state index contributed by atoms with van der Waals surface area (Å²) >= 11 is 1.57. The number of aryl methyl sites for hydroxylation is 2. The van der Waals surface area contributed by atoms with Gasteiger partial charge in [-0.15, -0.1) is 0 Å². The Morgan fingerprint density at radius 3 is 2.22 bits per heavy atom. The molecule has 3 heteroatoms. The molecule has 0 saturated carbocycles. The molecule has 1 heterocycles. The predicted octanol–water partition coefficient (Wildman–Crippen LogP) is 5.11. The molecule has 1 aromatic carbocycles. The number of hydrogen-bond acceptors (Lipinski definition) is 3. The average Bonchev–Trinajstić information content (AvgIpc) is 2.76. The highest BCUT2D eigenvalue weighted by Gasteiger charge is 2.10. The average molecular weight is 266 g/mol. The van der Waals surface area contributed by atoms with E-state index in [1.165, 1.54) is 21.4 Å². The molecule has 0 unspecified atom stereocenters. The first-order valence-corrected chi connectivity index (χ1v) is 7.60. The van der Waals surface area contributed by atoms with Gasteiger partial charge in [-0.25, -0.2) is 4.98 Å². The molecule has 0 amide bonds. The predicted molar refractivity (Wildman–Crippen MR) is 85.6 cm³/mol. The lowest BCUT2D eigenvalue weighted by Crippen LogP contribution is -1.92. The van der Waals surface area contributed by atoms with Crippen molar-refractivity contribution in [3.8, 4) is 0 Å². The minimum absolute atomic E-state index is 0.666. The van der Waals surface area contributed by atoms with Crippen LogP contribution in [0.5, 0.6) is 0 Å². The number of nitrogen functional groups attached to an aromatic ring is 1. The molecule has 1 aromatic heterocycles. The van der Waals surface area contributed by atoms with Gasteiger partial charge in [-0.1, -0.05) is 46.0 Å². The number of rotatable bonds is 1. The van der Waals surface area contributed by atoms with Crippen molar-refractivity contribution in [1.82, 2.24) is 4.98 Å². The summed E-state index contributed by atoms with van der Waals surface area (Å²) in [6.45, 7) is 14.5. The Balaban J connectivity index is 0.000000659. The third-order valence-corrected chi connectivity index (χ3v) is 3.53. The van der Waals surface area contributed by atoms with Crippen LogP contribution < -0.4 is 5.73 Å². The normalized spacial score (nSPS) is 9.28. The van der Waals surface area contributed by atoms with Crippen molar-refractivity contribution in [2.45, 2.75) is 54.9 Å². The molecule has 0 spiro atoms. The largest absolute Gasteiger partial charge is 0.375 e. The summed E-state index contributed by atoms with van der Waals surface area (Å²) in [6, 6.07) is 2.18. The molecule has 0 bridgehead atoms. The highest BCUT2D eigenvalue weighted by molar-refractivity contribution is 7.22. The second-order valence-electron chi connectivity index (χ2n) is 3.55. The molecule has 18 heavy (non-hydrogen) atoms. The van der Waals surface area contributed by atoms with Crippen LogP contribution in [0.15, 0.2) is 6.07 Å². The smallest absolute Gasteiger partial charge is 0.181 e. The molecule has 0 aliphatic rings. The molecule has 2 nitrogen and oxygen atoms in total. The summed E-state index contributed by atoms with van der Waals surface area (Å²) in [7, 11) is 0. The van der Waals surface area contributed by atoms with Crippen LogP contribution in [0.2, 0.25) is 0 Å². The Morgan fingerprint density at radius 1 is 1.17 bits per heavy atom. The van der Waals surface area contributed by atoms with E-state index in [0.29, 0.717) is 5.13 Å². The van der Waals surface area contributed by atoms with Crippen LogP contribution in [0.25, 0.3) is 10.2 Å². The van der Waals surface area contributed by atoms with Gasteiger partial charge < -0.3 is 5.73 Å². The Morgan fingerprint density at radius 2 is 1.72 bits per heavy atom. The Labute approximate surface area is 115 Å². The molecule has 2 N–H and O–H groups in total. The van der Waals surface area contributed by atoms with Crippen molar-refractivity contribution in [2.24, 2.45) is 0 Å². The Hall–Kier alpha value is -1.09. The van der Waals surface area contributed by atoms with E-state index in [4.69, 9.17) is 5.73 Å². The van der Waals surface area contributed by atoms with E-state index in [2.05, 4.69) is 31.8 Å². The fourth-order valence-electron chi connectivity index (χ4n) is 1.82. The summed E-state index contributed by atoms with van der Waals surface area (Å²) in [6.07, 6.45) is 1.02. The van der Waals surface area contributed by atoms with Crippen LogP contribution in [0.3, 0.4) is 0 Å². The van der Waals surface area contributed by atoms with E-state index >= 15 is 0 Å². The molecule has 102 valence electrons. The van der Waals surface area contributed by atoms with Gasteiger partial charge in [0.15, 0.2) is 5.13 Å². The first-order chi connectivity index (χ1) is 8.63. The van der Waals surface area contributed by atoms with Gasteiger partial charge in [-0.3, -0.25) is 0 Å². The van der Waals surface area contributed by atoms with Gasteiger partial charge in [0.25, 0.3) is 0 Å². The molecular formula is C15H26N2S. The first-order valence-electron chi connectivity index (χ1n) is 6.78. The maximum absolute atomic E-state index is 5.72. The monoisotopic (exact) mass is 266 g/mol. The third kappa shape index (κ3) is 3.45. The van der Waals surface area contributed by atoms with Crippen LogP contribution in [0, 0.1) is 13.8 Å². The maximum atomic E-state index is 5.72. The number of hydrogen-bond donors (Lipinski definition) is 1. The van der Waals surface area contributed by atoms with Crippen molar-refractivity contribution in [2.75, 3.05) is 5.73 Å². The third-order valence-electron chi connectivity index (χ3n) is 2.70. The van der Waals surface area contributed by atoms with E-state index < -0.39 is 0 Å². The molecular weight excluding hydrogens is 240 g/mol. The number of nitrogens with zero attached hydrogens (tertiary/aromatic N) is 1. The zero-order chi connectivity index (χ0) is 14.3. The minimum atomic E-state index is 0.666. The van der Waals surface area contributed by atoms with E-state index in [-0.39, 0.29) is 0 Å². The fourth-order valence-corrected chi connectivity index (χ4v) is 2.68. The van der Waals surface area contributed by atoms with Gasteiger partial charge >= 0.3 is 0 Å². The number of fused-ring (bicyclic) bond motifs is 1. The van der Waals surface area contributed by atoms with Crippen LogP contribution in [-0.2, 0) is 6.42 Å². The number of aromatic nitrogens is 1. The van der Waals surface area contributed by atoms with Gasteiger partial charge in [0.1, 0.15) is 0 Å². The van der Waals surface area contributed by atoms with Crippen molar-refractivity contribution in [3.05, 3.63) is 22.8 Å². The summed E-state index contributed by atoms with van der Waals surface area (Å²) in [4.78, 5) is 4.38. The second-order valence-corrected chi connectivity index (χ2v) is 4.61. The summed E-state index contributed by atoms with van der Waals surface area (Å²) < 4.78 is 1.21. The topological polar surface area (TPSA) is 38.9 Å². The fraction of sp³-hybridized carbons (Fsp3) is 0.533. The molecule has 0 aliphatic heterocycles. The summed E-state index contributed by atoms with van der Waals surface area (Å²) in [5, 5.41) is 0.666. The lowest BCUT2D eigenvalue weighted by molar-refractivity contribution is 1.11. The number of thiazole rings is 1. The highest BCUT2D eigenvalue weighted by Crippen LogP contribution is 2.30. The molecule has 0 atom stereocenters. The van der Waals surface area contributed by atoms with Gasteiger partial charge in [-0.2, -0.15) is 0 Å². The standard InChI is InChI=1S/C11H14N2S.2C2H6/c1-4-8-7(3)6(2)5-9-10(8)13-11(12)14-9;2*1-2/h5H,4H2,1-3H3,(H2,12,13);2*1-2H3. The summed E-state index contributed by atoms with van der Waals surface area (Å²) in [5.74, 6) is 0. The van der Waals surface area contributed by atoms with Crippen molar-refractivity contribution >= 4 is 26.7 Å². The maximum Gasteiger partial charge on any atom is 0.181 e. The summed E-state index contributed by atoms with van der Waals surface area (Å²) in [5.41, 5.74) is 10.8. The lowest BCUT2D eigenvalue weighted by atomic mass is 10.0. The zero-order valence-electron chi connectivity index (χ0n) is 12.7. The minimum Gasteiger partial charge on any atom is -0.375 e. The highest BCUT2D eigenvalue weighted by atomic mass is 32.1. The molecule has 0 saturated heterocycles. The van der Waals surface area contributed by atoms with E-state index in [9.17, 15) is 0 Å². The van der Waals surface area contributed by atoms with Crippen molar-refractivity contribution in [1.29, 1.82) is 0 Å². The molecule has 0 aliphatic carbocycles. The van der Waals surface area contributed by atoms with Gasteiger partial charge in [0.05, 0.1) is 10.2 Å². The first kappa shape index (κ1) is 16.9. The van der Waals surface area contributed by atoms with Gasteiger partial charge in [0.2, 0.25) is 0 Å². The molecule has 0 fully saturated rings. The molecule has 2 aromatic rings. The Kier molecular flexibility index (Phi) is 7.60. The van der Waals surface area contributed by atoms with E-state index in [1.54, 1.807) is 11.3 Å². The molecule has 0 radical (unpaired) electrons. The van der Waals surface area contributed by atoms with E-state index in [1.807, 2.05) is 27.7 Å². The lowest BCUT2D eigenvalue weighted by Gasteiger charge is -2.06. The van der Waals surface area contributed by atoms with Gasteiger partial charge in [-0.05, 0) is 43.0 Å². The second kappa shape index (κ2) is 8.09. The van der Waals surface area contributed by atoms with Crippen molar-refractivity contribution in [3.63, 3.8) is 0 Å². The zero-order valence-corrected chi connectivity index (χ0v) is 13.5. The molecule has 2 rings (SSSR count). The van der Waals surface area contributed by atoms with Gasteiger partial charge in [0, 0.05) is 0 Å². The van der Waals surface area contributed by atoms with Crippen LogP contribution in [0.4, 0.5) is 5.13 Å². The quantitative estimate of drug-likeness (QED) is 0.779. The van der Waals surface area contributed by atoms with Crippen LogP contribution in [-0.4, -0.2) is 4.98 Å².